The van der Waals surface area contributed by atoms with E-state index >= 15 is 0 Å². The summed E-state index contributed by atoms with van der Waals surface area (Å²) in [6, 6.07) is 20.8. The summed E-state index contributed by atoms with van der Waals surface area (Å²) >= 11 is 12.1. The molecule has 38 heavy (non-hydrogen) atoms. The first kappa shape index (κ1) is 26.4. The number of carbonyl (C=O) groups excluding carboxylic acids is 2. The molecule has 0 spiro atoms. The molecule has 1 atom stereocenters. The fourth-order valence-electron chi connectivity index (χ4n) is 5.07. The van der Waals surface area contributed by atoms with Crippen LogP contribution in [0, 0.1) is 5.92 Å². The Morgan fingerprint density at radius 2 is 1.63 bits per heavy atom. The van der Waals surface area contributed by atoms with E-state index in [-0.39, 0.29) is 28.5 Å². The zero-order valence-corrected chi connectivity index (χ0v) is 22.5. The van der Waals surface area contributed by atoms with Gasteiger partial charge in [-0.1, -0.05) is 47.5 Å². The smallest absolute Gasteiger partial charge is 0.236 e. The van der Waals surface area contributed by atoms with E-state index in [4.69, 9.17) is 23.2 Å². The Balaban J connectivity index is 1.10. The number of benzene rings is 3. The molecule has 198 valence electrons. The molecule has 3 aromatic rings. The summed E-state index contributed by atoms with van der Waals surface area (Å²) in [7, 11) is 0. The normalized spacial score (nSPS) is 18.0. The van der Waals surface area contributed by atoms with Gasteiger partial charge < -0.3 is 20.2 Å². The van der Waals surface area contributed by atoms with Crippen LogP contribution >= 0.6 is 23.2 Å². The number of phenolic OH excluding ortho intramolecular Hbond substituents is 1. The average Bonchev–Trinajstić information content (AvgIpc) is 3.39. The Morgan fingerprint density at radius 1 is 0.895 bits per heavy atom. The Morgan fingerprint density at radius 3 is 2.37 bits per heavy atom. The van der Waals surface area contributed by atoms with Gasteiger partial charge in [0.15, 0.2) is 0 Å². The number of aromatic hydroxyl groups is 1. The molecule has 2 heterocycles. The van der Waals surface area contributed by atoms with Gasteiger partial charge in [0.2, 0.25) is 11.8 Å². The van der Waals surface area contributed by atoms with Crippen LogP contribution in [0.25, 0.3) is 11.1 Å². The van der Waals surface area contributed by atoms with Crippen LogP contribution in [0.2, 0.25) is 10.0 Å². The Bertz CT molecular complexity index is 1330. The highest BCUT2D eigenvalue weighted by atomic mass is 35.5. The largest absolute Gasteiger partial charge is 0.506 e. The molecular weight excluding hydrogens is 523 g/mol. The SMILES string of the molecule is O=C(Nc1ccc(O)c(Cl)c1)[C@@H]1CCN(CC(=O)N2CCN(c3cccc(-c4cccc(Cl)c4)c3)CC2)C1. The maximum Gasteiger partial charge on any atom is 0.236 e. The molecule has 2 fully saturated rings. The van der Waals surface area contributed by atoms with E-state index in [0.717, 1.165) is 29.9 Å². The second-order valence-corrected chi connectivity index (χ2v) is 10.6. The summed E-state index contributed by atoms with van der Waals surface area (Å²) in [5.41, 5.74) is 3.88. The molecule has 0 aliphatic carbocycles. The van der Waals surface area contributed by atoms with Crippen molar-refractivity contribution in [3.8, 4) is 16.9 Å². The number of anilines is 2. The van der Waals surface area contributed by atoms with Gasteiger partial charge in [-0.05, 0) is 66.6 Å². The number of piperazine rings is 1. The second kappa shape index (κ2) is 11.6. The van der Waals surface area contributed by atoms with E-state index < -0.39 is 0 Å². The van der Waals surface area contributed by atoms with Gasteiger partial charge in [-0.25, -0.2) is 0 Å². The number of likely N-dealkylation sites (tertiary alicyclic amines) is 1. The number of nitrogens with zero attached hydrogens (tertiary/aromatic N) is 3. The highest BCUT2D eigenvalue weighted by Gasteiger charge is 2.31. The van der Waals surface area contributed by atoms with E-state index in [9.17, 15) is 14.7 Å². The van der Waals surface area contributed by atoms with Crippen LogP contribution in [0.1, 0.15) is 6.42 Å². The van der Waals surface area contributed by atoms with Crippen LogP contribution in [0.3, 0.4) is 0 Å². The first-order chi connectivity index (χ1) is 18.4. The number of halogens is 2. The van der Waals surface area contributed by atoms with Crippen LogP contribution in [0.5, 0.6) is 5.75 Å². The molecule has 0 radical (unpaired) electrons. The minimum absolute atomic E-state index is 0.0258. The van der Waals surface area contributed by atoms with E-state index in [0.29, 0.717) is 49.9 Å². The third kappa shape index (κ3) is 6.23. The van der Waals surface area contributed by atoms with Crippen LogP contribution < -0.4 is 10.2 Å². The third-order valence-electron chi connectivity index (χ3n) is 7.22. The van der Waals surface area contributed by atoms with Gasteiger partial charge in [-0.15, -0.1) is 0 Å². The summed E-state index contributed by atoms with van der Waals surface area (Å²) in [5.74, 6) is -0.222. The zero-order chi connectivity index (χ0) is 26.6. The lowest BCUT2D eigenvalue weighted by molar-refractivity contribution is -0.132. The molecule has 2 aliphatic rings. The summed E-state index contributed by atoms with van der Waals surface area (Å²) < 4.78 is 0. The number of hydrogen-bond acceptors (Lipinski definition) is 5. The molecule has 0 bridgehead atoms. The standard InChI is InChI=1S/C29H30Cl2N4O3/c30-23-5-1-3-20(15-23)21-4-2-6-25(16-21)34-11-13-35(14-12-34)28(37)19-33-10-9-22(18-33)29(38)32-24-7-8-27(36)26(31)17-24/h1-8,15-17,22,36H,9-14,18-19H2,(H,32,38)/t22-/m1/s1. The van der Waals surface area contributed by atoms with E-state index in [1.807, 2.05) is 23.1 Å². The summed E-state index contributed by atoms with van der Waals surface area (Å²) in [5, 5.41) is 13.3. The number of hydrogen-bond donors (Lipinski definition) is 2. The van der Waals surface area contributed by atoms with Gasteiger partial charge in [0.25, 0.3) is 0 Å². The molecule has 3 aromatic carbocycles. The van der Waals surface area contributed by atoms with Gasteiger partial charge in [0, 0.05) is 49.1 Å². The summed E-state index contributed by atoms with van der Waals surface area (Å²) in [6.07, 6.45) is 0.696. The summed E-state index contributed by atoms with van der Waals surface area (Å²) in [4.78, 5) is 32.0. The van der Waals surface area contributed by atoms with Crippen molar-refractivity contribution in [2.45, 2.75) is 6.42 Å². The van der Waals surface area contributed by atoms with Gasteiger partial charge in [0.05, 0.1) is 17.5 Å². The van der Waals surface area contributed by atoms with E-state index in [1.54, 1.807) is 6.07 Å². The number of rotatable bonds is 6. The van der Waals surface area contributed by atoms with E-state index in [1.165, 1.54) is 12.1 Å². The molecule has 2 amide bonds. The van der Waals surface area contributed by atoms with Crippen molar-refractivity contribution < 1.29 is 14.7 Å². The van der Waals surface area contributed by atoms with Crippen molar-refractivity contribution in [2.75, 3.05) is 56.0 Å². The maximum atomic E-state index is 13.0. The molecule has 9 heteroatoms. The highest BCUT2D eigenvalue weighted by Crippen LogP contribution is 2.28. The van der Waals surface area contributed by atoms with Crippen molar-refractivity contribution in [1.29, 1.82) is 0 Å². The molecule has 0 saturated carbocycles. The minimum Gasteiger partial charge on any atom is -0.506 e. The van der Waals surface area contributed by atoms with Crippen molar-refractivity contribution in [2.24, 2.45) is 5.92 Å². The number of carbonyl (C=O) groups is 2. The number of amides is 2. The van der Waals surface area contributed by atoms with Crippen molar-refractivity contribution >= 4 is 46.4 Å². The third-order valence-corrected chi connectivity index (χ3v) is 7.76. The van der Waals surface area contributed by atoms with Crippen molar-refractivity contribution in [1.82, 2.24) is 9.80 Å². The molecule has 7 nitrogen and oxygen atoms in total. The van der Waals surface area contributed by atoms with Crippen molar-refractivity contribution in [3.63, 3.8) is 0 Å². The van der Waals surface area contributed by atoms with Crippen LogP contribution in [0.15, 0.2) is 66.7 Å². The zero-order valence-electron chi connectivity index (χ0n) is 20.9. The Labute approximate surface area is 232 Å². The van der Waals surface area contributed by atoms with Gasteiger partial charge in [0.1, 0.15) is 5.75 Å². The first-order valence-corrected chi connectivity index (χ1v) is 13.5. The molecule has 0 aromatic heterocycles. The molecule has 5 rings (SSSR count). The topological polar surface area (TPSA) is 76.1 Å². The van der Waals surface area contributed by atoms with Crippen molar-refractivity contribution in [3.05, 3.63) is 76.8 Å². The lowest BCUT2D eigenvalue weighted by Gasteiger charge is -2.37. The lowest BCUT2D eigenvalue weighted by Crippen LogP contribution is -2.51. The second-order valence-electron chi connectivity index (χ2n) is 9.80. The monoisotopic (exact) mass is 552 g/mol. The van der Waals surface area contributed by atoms with Gasteiger partial charge >= 0.3 is 0 Å². The molecule has 0 unspecified atom stereocenters. The highest BCUT2D eigenvalue weighted by molar-refractivity contribution is 6.32. The maximum absolute atomic E-state index is 13.0. The summed E-state index contributed by atoms with van der Waals surface area (Å²) in [6.45, 7) is 4.43. The first-order valence-electron chi connectivity index (χ1n) is 12.8. The Kier molecular flexibility index (Phi) is 8.07. The molecule has 2 N–H and O–H groups in total. The quantitative estimate of drug-likeness (QED) is 0.422. The van der Waals surface area contributed by atoms with Crippen LogP contribution in [-0.4, -0.2) is 72.5 Å². The number of nitrogens with one attached hydrogen (secondary N) is 1. The lowest BCUT2D eigenvalue weighted by atomic mass is 10.0. The average molecular weight is 553 g/mol. The van der Waals surface area contributed by atoms with Gasteiger partial charge in [-0.2, -0.15) is 0 Å². The molecule has 2 saturated heterocycles. The van der Waals surface area contributed by atoms with Gasteiger partial charge in [-0.3, -0.25) is 14.5 Å². The minimum atomic E-state index is -0.195. The fraction of sp³-hybridized carbons (Fsp3) is 0.310. The molecular formula is C29H30Cl2N4O3. The van der Waals surface area contributed by atoms with Crippen LogP contribution in [-0.2, 0) is 9.59 Å². The van der Waals surface area contributed by atoms with E-state index in [2.05, 4.69) is 45.4 Å². The Hall–Kier alpha value is -3.26. The van der Waals surface area contributed by atoms with Crippen LogP contribution in [0.4, 0.5) is 11.4 Å². The predicted molar refractivity (Wildman–Crippen MR) is 152 cm³/mol. The fourth-order valence-corrected chi connectivity index (χ4v) is 5.45. The number of phenols is 1. The molecule has 2 aliphatic heterocycles. The predicted octanol–water partition coefficient (Wildman–Crippen LogP) is 4.98.